The Morgan fingerprint density at radius 2 is 1.94 bits per heavy atom. The van der Waals surface area contributed by atoms with Crippen molar-refractivity contribution in [3.8, 4) is 0 Å². The summed E-state index contributed by atoms with van der Waals surface area (Å²) in [5.74, 6) is 0.968. The number of ether oxygens (including phenoxy) is 1. The van der Waals surface area contributed by atoms with Gasteiger partial charge in [0.25, 0.3) is 0 Å². The molecule has 0 radical (unpaired) electrons. The van der Waals surface area contributed by atoms with Crippen LogP contribution in [0.25, 0.3) is 0 Å². The van der Waals surface area contributed by atoms with Gasteiger partial charge in [-0.25, -0.2) is 0 Å². The summed E-state index contributed by atoms with van der Waals surface area (Å²) in [5, 5.41) is 0. The monoisotopic (exact) mass is 247 g/mol. The van der Waals surface area contributed by atoms with Crippen LogP contribution in [0.15, 0.2) is 0 Å². The number of nitrogens with zero attached hydrogens (tertiary/aromatic N) is 1. The van der Waals surface area contributed by atoms with E-state index in [9.17, 15) is 4.79 Å². The third-order valence-corrected chi connectivity index (χ3v) is 3.56. The first-order chi connectivity index (χ1) is 7.62. The fraction of sp³-hybridized carbons (Fsp3) is 0.917. The average Bonchev–Trinajstić information content (AvgIpc) is 2.27. The third-order valence-electron chi connectivity index (χ3n) is 2.84. The smallest absolute Gasteiger partial charge is 0.323 e. The Morgan fingerprint density at radius 1 is 1.31 bits per heavy atom. The third kappa shape index (κ3) is 4.74. The number of carbonyl (C=O) groups is 1. The first-order valence-electron chi connectivity index (χ1n) is 5.99. The van der Waals surface area contributed by atoms with E-state index in [1.807, 2.05) is 32.7 Å². The zero-order valence-electron chi connectivity index (χ0n) is 11.2. The summed E-state index contributed by atoms with van der Waals surface area (Å²) < 4.78 is 5.10. The highest BCUT2D eigenvalue weighted by Gasteiger charge is 2.26. The molecule has 0 spiro atoms. The van der Waals surface area contributed by atoms with Gasteiger partial charge in [0.05, 0.1) is 6.61 Å². The summed E-state index contributed by atoms with van der Waals surface area (Å²) in [6.07, 6.45) is 3.97. The van der Waals surface area contributed by atoms with E-state index in [2.05, 4.69) is 18.1 Å². The molecule has 0 N–H and O–H groups in total. The molecule has 0 rings (SSSR count). The molecule has 0 aliphatic heterocycles. The van der Waals surface area contributed by atoms with Crippen molar-refractivity contribution >= 4 is 17.7 Å². The second-order valence-electron chi connectivity index (χ2n) is 3.86. The van der Waals surface area contributed by atoms with Crippen molar-refractivity contribution in [1.82, 2.24) is 4.90 Å². The van der Waals surface area contributed by atoms with Crippen molar-refractivity contribution in [1.29, 1.82) is 0 Å². The number of hydrogen-bond donors (Lipinski definition) is 0. The molecule has 16 heavy (non-hydrogen) atoms. The van der Waals surface area contributed by atoms with Crippen molar-refractivity contribution < 1.29 is 9.53 Å². The van der Waals surface area contributed by atoms with Gasteiger partial charge in [-0.3, -0.25) is 9.69 Å². The SMILES string of the molecule is CCOC(=O)C(CC)N(C)C(CC)CSC. The van der Waals surface area contributed by atoms with Crippen LogP contribution in [0.1, 0.15) is 33.6 Å². The van der Waals surface area contributed by atoms with Gasteiger partial charge in [0.2, 0.25) is 0 Å². The Kier molecular flexibility index (Phi) is 8.76. The molecule has 0 aromatic heterocycles. The predicted octanol–water partition coefficient (Wildman–Crippen LogP) is 2.40. The van der Waals surface area contributed by atoms with Gasteiger partial charge in [0.15, 0.2) is 0 Å². The quantitative estimate of drug-likeness (QED) is 0.616. The summed E-state index contributed by atoms with van der Waals surface area (Å²) in [7, 11) is 2.02. The minimum absolute atomic E-state index is 0.0907. The summed E-state index contributed by atoms with van der Waals surface area (Å²) >= 11 is 1.82. The van der Waals surface area contributed by atoms with E-state index in [-0.39, 0.29) is 12.0 Å². The summed E-state index contributed by atoms with van der Waals surface area (Å²) in [5.41, 5.74) is 0. The normalized spacial score (nSPS) is 14.9. The van der Waals surface area contributed by atoms with Gasteiger partial charge in [0, 0.05) is 11.8 Å². The maximum atomic E-state index is 11.8. The van der Waals surface area contributed by atoms with Crippen LogP contribution in [0.4, 0.5) is 0 Å². The Balaban J connectivity index is 4.47. The molecule has 0 saturated heterocycles. The number of rotatable bonds is 8. The molecule has 0 aliphatic carbocycles. The molecule has 0 heterocycles. The molecule has 0 aromatic carbocycles. The Hall–Kier alpha value is -0.220. The molecular formula is C12H25NO2S. The number of carbonyl (C=O) groups excluding carboxylic acids is 1. The van der Waals surface area contributed by atoms with Crippen LogP contribution in [0.5, 0.6) is 0 Å². The second kappa shape index (κ2) is 8.88. The molecule has 0 bridgehead atoms. The maximum Gasteiger partial charge on any atom is 0.323 e. The number of esters is 1. The molecule has 2 atom stereocenters. The van der Waals surface area contributed by atoms with Crippen molar-refractivity contribution in [3.63, 3.8) is 0 Å². The van der Waals surface area contributed by atoms with Gasteiger partial charge < -0.3 is 4.74 Å². The molecule has 2 unspecified atom stereocenters. The highest BCUT2D eigenvalue weighted by atomic mass is 32.2. The zero-order valence-corrected chi connectivity index (χ0v) is 12.0. The highest BCUT2D eigenvalue weighted by Crippen LogP contribution is 2.14. The lowest BCUT2D eigenvalue weighted by atomic mass is 10.1. The van der Waals surface area contributed by atoms with Gasteiger partial charge in [-0.15, -0.1) is 0 Å². The van der Waals surface area contributed by atoms with Crippen LogP contribution in [-0.4, -0.2) is 48.6 Å². The van der Waals surface area contributed by atoms with Gasteiger partial charge >= 0.3 is 5.97 Å². The average molecular weight is 247 g/mol. The molecule has 0 amide bonds. The number of thioether (sulfide) groups is 1. The van der Waals surface area contributed by atoms with Crippen molar-refractivity contribution in [2.45, 2.75) is 45.7 Å². The predicted molar refractivity (Wildman–Crippen MR) is 70.9 cm³/mol. The van der Waals surface area contributed by atoms with E-state index >= 15 is 0 Å². The Morgan fingerprint density at radius 3 is 2.31 bits per heavy atom. The zero-order chi connectivity index (χ0) is 12.6. The van der Waals surface area contributed by atoms with Crippen LogP contribution in [0.2, 0.25) is 0 Å². The molecule has 96 valence electrons. The van der Waals surface area contributed by atoms with Crippen molar-refractivity contribution in [2.24, 2.45) is 0 Å². The van der Waals surface area contributed by atoms with Crippen LogP contribution in [-0.2, 0) is 9.53 Å². The summed E-state index contributed by atoms with van der Waals surface area (Å²) in [6, 6.07) is 0.349. The number of hydrogen-bond acceptors (Lipinski definition) is 4. The lowest BCUT2D eigenvalue weighted by Crippen LogP contribution is -2.46. The van der Waals surface area contributed by atoms with Crippen LogP contribution in [0.3, 0.4) is 0 Å². The van der Waals surface area contributed by atoms with Gasteiger partial charge in [-0.2, -0.15) is 11.8 Å². The van der Waals surface area contributed by atoms with E-state index in [1.54, 1.807) is 0 Å². The van der Waals surface area contributed by atoms with E-state index in [0.29, 0.717) is 12.6 Å². The van der Waals surface area contributed by atoms with Crippen LogP contribution in [0, 0.1) is 0 Å². The fourth-order valence-corrected chi connectivity index (χ4v) is 2.69. The Bertz CT molecular complexity index is 199. The van der Waals surface area contributed by atoms with E-state index in [1.165, 1.54) is 0 Å². The van der Waals surface area contributed by atoms with Gasteiger partial charge in [0.1, 0.15) is 6.04 Å². The second-order valence-corrected chi connectivity index (χ2v) is 4.77. The first kappa shape index (κ1) is 15.8. The minimum atomic E-state index is -0.1000. The van der Waals surface area contributed by atoms with Crippen LogP contribution < -0.4 is 0 Å². The van der Waals surface area contributed by atoms with E-state index in [4.69, 9.17) is 4.74 Å². The van der Waals surface area contributed by atoms with E-state index in [0.717, 1.165) is 18.6 Å². The molecular weight excluding hydrogens is 222 g/mol. The summed E-state index contributed by atoms with van der Waals surface area (Å²) in [4.78, 5) is 13.9. The summed E-state index contributed by atoms with van der Waals surface area (Å²) in [6.45, 7) is 6.51. The minimum Gasteiger partial charge on any atom is -0.465 e. The molecule has 3 nitrogen and oxygen atoms in total. The number of likely N-dealkylation sites (N-methyl/N-ethyl adjacent to an activating group) is 1. The molecule has 0 fully saturated rings. The Labute approximate surface area is 104 Å². The van der Waals surface area contributed by atoms with E-state index < -0.39 is 0 Å². The molecule has 0 saturated carbocycles. The lowest BCUT2D eigenvalue weighted by Gasteiger charge is -2.32. The van der Waals surface area contributed by atoms with Crippen molar-refractivity contribution in [3.05, 3.63) is 0 Å². The largest absolute Gasteiger partial charge is 0.465 e. The molecule has 4 heteroatoms. The highest BCUT2D eigenvalue weighted by molar-refractivity contribution is 7.98. The fourth-order valence-electron chi connectivity index (χ4n) is 1.83. The van der Waals surface area contributed by atoms with Crippen molar-refractivity contribution in [2.75, 3.05) is 25.7 Å². The first-order valence-corrected chi connectivity index (χ1v) is 7.39. The van der Waals surface area contributed by atoms with Gasteiger partial charge in [-0.05, 0) is 33.1 Å². The maximum absolute atomic E-state index is 11.8. The molecule has 0 aromatic rings. The lowest BCUT2D eigenvalue weighted by molar-refractivity contribution is -0.149. The van der Waals surface area contributed by atoms with Crippen LogP contribution >= 0.6 is 11.8 Å². The van der Waals surface area contributed by atoms with Gasteiger partial charge in [-0.1, -0.05) is 13.8 Å². The molecule has 0 aliphatic rings. The topological polar surface area (TPSA) is 29.5 Å². The standard InChI is InChI=1S/C12H25NO2S/c1-6-10(9-16-5)13(4)11(7-2)12(14)15-8-3/h10-11H,6-9H2,1-5H3.